The van der Waals surface area contributed by atoms with Crippen molar-refractivity contribution in [1.29, 1.82) is 0 Å². The van der Waals surface area contributed by atoms with E-state index in [0.29, 0.717) is 13.0 Å². The molecule has 3 amide bonds. The van der Waals surface area contributed by atoms with Gasteiger partial charge in [-0.3, -0.25) is 9.69 Å². The zero-order chi connectivity index (χ0) is 14.3. The first-order valence-electron chi connectivity index (χ1n) is 6.92. The third-order valence-corrected chi connectivity index (χ3v) is 5.45. The molecule has 0 aliphatic carbocycles. The van der Waals surface area contributed by atoms with Crippen molar-refractivity contribution in [2.75, 3.05) is 6.54 Å². The number of nitrogens with zero attached hydrogens (tertiary/aromatic N) is 1. The van der Waals surface area contributed by atoms with Gasteiger partial charge in [0, 0.05) is 16.7 Å². The quantitative estimate of drug-likeness (QED) is 0.870. The average molecular weight is 290 g/mol. The normalized spacial score (nSPS) is 28.7. The van der Waals surface area contributed by atoms with Crippen LogP contribution < -0.4 is 5.32 Å². The Morgan fingerprint density at radius 2 is 2.15 bits per heavy atom. The van der Waals surface area contributed by atoms with Gasteiger partial charge in [0.1, 0.15) is 5.54 Å². The molecule has 0 saturated carbocycles. The number of urea groups is 1. The number of nitrogens with one attached hydrogen (secondary N) is 1. The number of hydrogen-bond acceptors (Lipinski definition) is 3. The monoisotopic (exact) mass is 290 g/mol. The lowest BCUT2D eigenvalue weighted by Crippen LogP contribution is -2.43. The maximum Gasteiger partial charge on any atom is 0.325 e. The molecule has 20 heavy (non-hydrogen) atoms. The number of amides is 3. The molecule has 0 spiro atoms. The smallest absolute Gasteiger partial charge is 0.323 e. The van der Waals surface area contributed by atoms with Crippen LogP contribution in [0, 0.1) is 0 Å². The minimum Gasteiger partial charge on any atom is -0.323 e. The van der Waals surface area contributed by atoms with Crippen molar-refractivity contribution in [2.24, 2.45) is 0 Å². The average Bonchev–Trinajstić information content (AvgIpc) is 2.94. The molecule has 0 bridgehead atoms. The van der Waals surface area contributed by atoms with Gasteiger partial charge in [0.05, 0.1) is 0 Å². The molecule has 1 saturated heterocycles. The Morgan fingerprint density at radius 1 is 1.40 bits per heavy atom. The minimum absolute atomic E-state index is 0.0958. The molecule has 2 atom stereocenters. The number of benzene rings is 1. The highest BCUT2D eigenvalue weighted by Gasteiger charge is 2.47. The maximum absolute atomic E-state index is 12.4. The molecule has 2 aliphatic rings. The number of hydrogen-bond donors (Lipinski definition) is 1. The third-order valence-electron chi connectivity index (χ3n) is 4.15. The minimum atomic E-state index is -0.729. The second-order valence-corrected chi connectivity index (χ2v) is 6.93. The standard InChI is InChI=1S/C15H18N2O2S/c1-3-15(2)13(18)17(14(19)16-15)9-11-8-10-6-4-5-7-12(10)20-11/h4-7,11H,3,8-9H2,1-2H3,(H,16,19). The van der Waals surface area contributed by atoms with Crippen LogP contribution >= 0.6 is 11.8 Å². The Labute approximate surface area is 122 Å². The fourth-order valence-corrected chi connectivity index (χ4v) is 4.02. The Balaban J connectivity index is 1.71. The summed E-state index contributed by atoms with van der Waals surface area (Å²) in [7, 11) is 0. The van der Waals surface area contributed by atoms with Crippen LogP contribution in [0.4, 0.5) is 4.79 Å². The van der Waals surface area contributed by atoms with Crippen LogP contribution in [0.15, 0.2) is 29.2 Å². The van der Waals surface area contributed by atoms with Crippen LogP contribution in [-0.2, 0) is 11.2 Å². The molecule has 106 valence electrons. The molecule has 2 heterocycles. The lowest BCUT2D eigenvalue weighted by Gasteiger charge is -2.20. The van der Waals surface area contributed by atoms with Crippen molar-refractivity contribution < 1.29 is 9.59 Å². The van der Waals surface area contributed by atoms with Crippen LogP contribution in [0.5, 0.6) is 0 Å². The van der Waals surface area contributed by atoms with Crippen LogP contribution in [0.1, 0.15) is 25.8 Å². The van der Waals surface area contributed by atoms with Crippen molar-refractivity contribution in [2.45, 2.75) is 42.4 Å². The summed E-state index contributed by atoms with van der Waals surface area (Å²) >= 11 is 1.76. The summed E-state index contributed by atoms with van der Waals surface area (Å²) in [5.74, 6) is -0.0958. The van der Waals surface area contributed by atoms with Crippen molar-refractivity contribution in [1.82, 2.24) is 10.2 Å². The van der Waals surface area contributed by atoms with Gasteiger partial charge in [-0.1, -0.05) is 25.1 Å². The second-order valence-electron chi connectivity index (χ2n) is 5.58. The first kappa shape index (κ1) is 13.5. The molecule has 2 unspecified atom stereocenters. The van der Waals surface area contributed by atoms with Crippen molar-refractivity contribution in [3.05, 3.63) is 29.8 Å². The van der Waals surface area contributed by atoms with Gasteiger partial charge in [-0.25, -0.2) is 4.79 Å². The molecule has 0 aromatic heterocycles. The fraction of sp³-hybridized carbons (Fsp3) is 0.467. The van der Waals surface area contributed by atoms with E-state index in [1.54, 1.807) is 18.7 Å². The Hall–Kier alpha value is -1.49. The number of carbonyl (C=O) groups is 2. The van der Waals surface area contributed by atoms with Crippen LogP contribution in [0.3, 0.4) is 0 Å². The topological polar surface area (TPSA) is 49.4 Å². The van der Waals surface area contributed by atoms with E-state index < -0.39 is 5.54 Å². The Morgan fingerprint density at radius 3 is 2.80 bits per heavy atom. The first-order chi connectivity index (χ1) is 9.53. The maximum atomic E-state index is 12.4. The van der Waals surface area contributed by atoms with E-state index in [1.165, 1.54) is 15.4 Å². The van der Waals surface area contributed by atoms with Gasteiger partial charge in [0.15, 0.2) is 0 Å². The SMILES string of the molecule is CCC1(C)NC(=O)N(CC2Cc3ccccc3S2)C1=O. The van der Waals surface area contributed by atoms with Gasteiger partial charge < -0.3 is 5.32 Å². The lowest BCUT2D eigenvalue weighted by atomic mass is 9.99. The predicted octanol–water partition coefficient (Wildman–Crippen LogP) is 2.42. The van der Waals surface area contributed by atoms with E-state index in [2.05, 4.69) is 17.4 Å². The molecule has 1 fully saturated rings. The third kappa shape index (κ3) is 2.10. The van der Waals surface area contributed by atoms with Gasteiger partial charge in [-0.2, -0.15) is 0 Å². The summed E-state index contributed by atoms with van der Waals surface area (Å²) in [5.41, 5.74) is 0.584. The van der Waals surface area contributed by atoms with E-state index in [0.717, 1.165) is 6.42 Å². The van der Waals surface area contributed by atoms with Crippen LogP contribution in [0.25, 0.3) is 0 Å². The number of thioether (sulfide) groups is 1. The predicted molar refractivity (Wildman–Crippen MR) is 78.7 cm³/mol. The van der Waals surface area contributed by atoms with Gasteiger partial charge in [0.2, 0.25) is 0 Å². The van der Waals surface area contributed by atoms with Gasteiger partial charge in [-0.15, -0.1) is 11.8 Å². The van der Waals surface area contributed by atoms with Gasteiger partial charge >= 0.3 is 6.03 Å². The molecule has 5 heteroatoms. The Bertz CT molecular complexity index is 550. The number of imide groups is 1. The summed E-state index contributed by atoms with van der Waals surface area (Å²) in [6.07, 6.45) is 1.53. The summed E-state index contributed by atoms with van der Waals surface area (Å²) in [6.45, 7) is 4.20. The summed E-state index contributed by atoms with van der Waals surface area (Å²) in [6, 6.07) is 8.02. The summed E-state index contributed by atoms with van der Waals surface area (Å²) < 4.78 is 0. The molecule has 2 aliphatic heterocycles. The zero-order valence-corrected chi connectivity index (χ0v) is 12.5. The van der Waals surface area contributed by atoms with E-state index in [9.17, 15) is 9.59 Å². The van der Waals surface area contributed by atoms with Gasteiger partial charge in [-0.05, 0) is 31.4 Å². The molecule has 4 nitrogen and oxygen atoms in total. The number of rotatable bonds is 3. The highest BCUT2D eigenvalue weighted by Crippen LogP contribution is 2.37. The summed E-state index contributed by atoms with van der Waals surface area (Å²) in [5, 5.41) is 3.07. The fourth-order valence-electron chi connectivity index (χ4n) is 2.71. The van der Waals surface area contributed by atoms with E-state index in [-0.39, 0.29) is 17.2 Å². The van der Waals surface area contributed by atoms with E-state index in [1.807, 2.05) is 19.1 Å². The van der Waals surface area contributed by atoms with Crippen molar-refractivity contribution in [3.8, 4) is 0 Å². The molecule has 3 rings (SSSR count). The highest BCUT2D eigenvalue weighted by atomic mass is 32.2. The van der Waals surface area contributed by atoms with Crippen LogP contribution in [0.2, 0.25) is 0 Å². The van der Waals surface area contributed by atoms with E-state index in [4.69, 9.17) is 0 Å². The second kappa shape index (κ2) is 4.81. The van der Waals surface area contributed by atoms with Crippen molar-refractivity contribution in [3.63, 3.8) is 0 Å². The zero-order valence-electron chi connectivity index (χ0n) is 11.7. The largest absolute Gasteiger partial charge is 0.325 e. The lowest BCUT2D eigenvalue weighted by molar-refractivity contribution is -0.130. The first-order valence-corrected chi connectivity index (χ1v) is 7.80. The Kier molecular flexibility index (Phi) is 3.24. The number of fused-ring (bicyclic) bond motifs is 1. The number of carbonyl (C=O) groups excluding carboxylic acids is 2. The van der Waals surface area contributed by atoms with Crippen molar-refractivity contribution >= 4 is 23.7 Å². The summed E-state index contributed by atoms with van der Waals surface area (Å²) in [4.78, 5) is 27.0. The molecular formula is C15H18N2O2S. The molecule has 0 radical (unpaired) electrons. The highest BCUT2D eigenvalue weighted by molar-refractivity contribution is 8.00. The van der Waals surface area contributed by atoms with Gasteiger partial charge in [0.25, 0.3) is 5.91 Å². The van der Waals surface area contributed by atoms with E-state index >= 15 is 0 Å². The molecular weight excluding hydrogens is 272 g/mol. The van der Waals surface area contributed by atoms with Crippen LogP contribution in [-0.4, -0.2) is 34.2 Å². The molecule has 1 aromatic carbocycles. The molecule has 1 aromatic rings. The molecule has 1 N–H and O–H groups in total.